The van der Waals surface area contributed by atoms with Gasteiger partial charge in [0.25, 0.3) is 0 Å². The van der Waals surface area contributed by atoms with Gasteiger partial charge in [-0.1, -0.05) is 43.1 Å². The molecule has 0 saturated heterocycles. The number of rotatable bonds is 12. The van der Waals surface area contributed by atoms with Crippen LogP contribution in [0.2, 0.25) is 10.0 Å². The van der Waals surface area contributed by atoms with Gasteiger partial charge in [0.05, 0.1) is 26.2 Å². The predicted octanol–water partition coefficient (Wildman–Crippen LogP) is 3.97. The smallest absolute Gasteiger partial charge is 0.244 e. The number of sulfonamides is 1. The van der Waals surface area contributed by atoms with Crippen molar-refractivity contribution in [2.45, 2.75) is 33.4 Å². The number of methoxy groups -OCH3 is 2. The Morgan fingerprint density at radius 2 is 1.65 bits per heavy atom. The van der Waals surface area contributed by atoms with E-state index in [-0.39, 0.29) is 23.9 Å². The third-order valence-corrected chi connectivity index (χ3v) is 7.41. The van der Waals surface area contributed by atoms with E-state index in [2.05, 4.69) is 5.32 Å². The Bertz CT molecular complexity index is 1200. The number of benzene rings is 2. The van der Waals surface area contributed by atoms with E-state index in [1.165, 1.54) is 31.3 Å². The van der Waals surface area contributed by atoms with Gasteiger partial charge < -0.3 is 19.7 Å². The van der Waals surface area contributed by atoms with E-state index in [0.717, 1.165) is 10.6 Å². The van der Waals surface area contributed by atoms with E-state index < -0.39 is 34.4 Å². The molecule has 1 N–H and O–H groups in total. The van der Waals surface area contributed by atoms with Crippen molar-refractivity contribution < 1.29 is 27.5 Å². The van der Waals surface area contributed by atoms with Crippen LogP contribution in [-0.4, -0.2) is 64.7 Å². The van der Waals surface area contributed by atoms with Crippen molar-refractivity contribution in [2.75, 3.05) is 37.9 Å². The molecule has 0 aliphatic rings. The molecule has 0 fully saturated rings. The molecule has 1 atom stereocenters. The first kappa shape index (κ1) is 30.5. The quantitative estimate of drug-likeness (QED) is 0.412. The Morgan fingerprint density at radius 3 is 2.16 bits per heavy atom. The van der Waals surface area contributed by atoms with Crippen molar-refractivity contribution in [3.8, 4) is 11.5 Å². The van der Waals surface area contributed by atoms with E-state index in [1.807, 2.05) is 13.8 Å². The van der Waals surface area contributed by atoms with Gasteiger partial charge in [0.1, 0.15) is 24.1 Å². The fourth-order valence-corrected chi connectivity index (χ4v) is 4.84. The number of carbonyl (C=O) groups is 2. The summed E-state index contributed by atoms with van der Waals surface area (Å²) in [5.74, 6) is -0.182. The van der Waals surface area contributed by atoms with Crippen molar-refractivity contribution in [1.82, 2.24) is 10.2 Å². The average Bonchev–Trinajstić information content (AvgIpc) is 2.84. The van der Waals surface area contributed by atoms with Crippen LogP contribution in [0.25, 0.3) is 0 Å². The zero-order valence-corrected chi connectivity index (χ0v) is 24.1. The van der Waals surface area contributed by atoms with Crippen LogP contribution < -0.4 is 19.1 Å². The fourth-order valence-electron chi connectivity index (χ4n) is 3.47. The summed E-state index contributed by atoms with van der Waals surface area (Å²) < 4.78 is 37.1. The molecule has 0 spiro atoms. The number of halogens is 2. The van der Waals surface area contributed by atoms with Crippen LogP contribution in [0.1, 0.15) is 26.3 Å². The number of nitrogens with one attached hydrogen (secondary N) is 1. The summed E-state index contributed by atoms with van der Waals surface area (Å²) in [6.45, 7) is 5.18. The SMILES string of the molecule is COc1ccc(N(CC(=O)N(Cc2c(Cl)cccc2Cl)[C@@H](C)C(=O)NCC(C)C)S(C)(=O)=O)c(OC)c1. The molecule has 0 bridgehead atoms. The lowest BCUT2D eigenvalue weighted by molar-refractivity contribution is -0.139. The summed E-state index contributed by atoms with van der Waals surface area (Å²) in [4.78, 5) is 27.9. The van der Waals surface area contributed by atoms with Gasteiger partial charge in [-0.15, -0.1) is 0 Å². The number of carbonyl (C=O) groups excluding carboxylic acids is 2. The largest absolute Gasteiger partial charge is 0.497 e. The van der Waals surface area contributed by atoms with Crippen molar-refractivity contribution in [2.24, 2.45) is 5.92 Å². The number of nitrogens with zero attached hydrogens (tertiary/aromatic N) is 2. The zero-order valence-electron chi connectivity index (χ0n) is 21.7. The fraction of sp³-hybridized carbons (Fsp3) is 0.440. The molecule has 204 valence electrons. The van der Waals surface area contributed by atoms with E-state index in [4.69, 9.17) is 32.7 Å². The monoisotopic (exact) mass is 573 g/mol. The van der Waals surface area contributed by atoms with Crippen LogP contribution in [0, 0.1) is 5.92 Å². The van der Waals surface area contributed by atoms with Crippen LogP contribution in [0.5, 0.6) is 11.5 Å². The second kappa shape index (κ2) is 13.2. The highest BCUT2D eigenvalue weighted by Crippen LogP contribution is 2.34. The first-order valence-electron chi connectivity index (χ1n) is 11.5. The molecule has 2 aromatic carbocycles. The summed E-state index contributed by atoms with van der Waals surface area (Å²) in [5, 5.41) is 3.45. The number of anilines is 1. The molecule has 2 aromatic rings. The maximum absolute atomic E-state index is 13.7. The van der Waals surface area contributed by atoms with Gasteiger partial charge in [0.2, 0.25) is 21.8 Å². The normalized spacial score (nSPS) is 12.1. The summed E-state index contributed by atoms with van der Waals surface area (Å²) in [7, 11) is -1.09. The van der Waals surface area contributed by atoms with Crippen molar-refractivity contribution in [3.05, 3.63) is 52.0 Å². The minimum atomic E-state index is -3.94. The van der Waals surface area contributed by atoms with Gasteiger partial charge in [-0.05, 0) is 37.1 Å². The van der Waals surface area contributed by atoms with Crippen LogP contribution in [0.15, 0.2) is 36.4 Å². The lowest BCUT2D eigenvalue weighted by Crippen LogP contribution is -2.51. The molecule has 0 aliphatic heterocycles. The van der Waals surface area contributed by atoms with Crippen LogP contribution in [0.3, 0.4) is 0 Å². The summed E-state index contributed by atoms with van der Waals surface area (Å²) in [6, 6.07) is 8.53. The number of amides is 2. The molecular weight excluding hydrogens is 541 g/mol. The Kier molecular flexibility index (Phi) is 10.9. The van der Waals surface area contributed by atoms with Gasteiger partial charge in [-0.2, -0.15) is 0 Å². The van der Waals surface area contributed by atoms with Gasteiger partial charge in [0, 0.05) is 34.8 Å². The minimum Gasteiger partial charge on any atom is -0.497 e. The molecule has 12 heteroatoms. The molecule has 9 nitrogen and oxygen atoms in total. The molecule has 2 rings (SSSR count). The van der Waals surface area contributed by atoms with E-state index in [0.29, 0.717) is 27.9 Å². The van der Waals surface area contributed by atoms with Crippen molar-refractivity contribution >= 4 is 50.7 Å². The van der Waals surface area contributed by atoms with Crippen LogP contribution >= 0.6 is 23.2 Å². The molecule has 2 amide bonds. The maximum Gasteiger partial charge on any atom is 0.244 e. The summed E-state index contributed by atoms with van der Waals surface area (Å²) in [5.41, 5.74) is 0.586. The average molecular weight is 575 g/mol. The Labute approximate surface area is 228 Å². The van der Waals surface area contributed by atoms with Crippen molar-refractivity contribution in [1.29, 1.82) is 0 Å². The van der Waals surface area contributed by atoms with Crippen molar-refractivity contribution in [3.63, 3.8) is 0 Å². The predicted molar refractivity (Wildman–Crippen MR) is 146 cm³/mol. The molecule has 0 radical (unpaired) electrons. The second-order valence-corrected chi connectivity index (χ2v) is 11.6. The standard InChI is InChI=1S/C25H33Cl2N3O6S/c1-16(2)13-28-25(32)17(3)29(14-19-20(26)8-7-9-21(19)27)24(31)15-30(37(6,33)34)22-11-10-18(35-4)12-23(22)36-5/h7-12,16-17H,13-15H2,1-6H3,(H,28,32)/t17-/m0/s1. The third kappa shape index (κ3) is 8.15. The maximum atomic E-state index is 13.7. The highest BCUT2D eigenvalue weighted by molar-refractivity contribution is 7.92. The van der Waals surface area contributed by atoms with Gasteiger partial charge in [0.15, 0.2) is 0 Å². The molecule has 0 unspecified atom stereocenters. The highest BCUT2D eigenvalue weighted by Gasteiger charge is 2.32. The third-order valence-electron chi connectivity index (χ3n) is 5.58. The summed E-state index contributed by atoms with van der Waals surface area (Å²) in [6.07, 6.45) is 0.984. The molecule has 0 aromatic heterocycles. The molecule has 0 aliphatic carbocycles. The van der Waals surface area contributed by atoms with E-state index in [1.54, 1.807) is 31.2 Å². The zero-order chi connectivity index (χ0) is 27.9. The Hall–Kier alpha value is -2.69. The topological polar surface area (TPSA) is 105 Å². The van der Waals surface area contributed by atoms with E-state index in [9.17, 15) is 18.0 Å². The lowest BCUT2D eigenvalue weighted by Gasteiger charge is -2.32. The first-order chi connectivity index (χ1) is 17.3. The highest BCUT2D eigenvalue weighted by atomic mass is 35.5. The van der Waals surface area contributed by atoms with Gasteiger partial charge in [-0.25, -0.2) is 8.42 Å². The molecular formula is C25H33Cl2N3O6S. The second-order valence-electron chi connectivity index (χ2n) is 8.84. The van der Waals surface area contributed by atoms with E-state index >= 15 is 0 Å². The number of hydrogen-bond donors (Lipinski definition) is 1. The molecule has 0 heterocycles. The Morgan fingerprint density at radius 1 is 1.03 bits per heavy atom. The van der Waals surface area contributed by atoms with Gasteiger partial charge >= 0.3 is 0 Å². The van der Waals surface area contributed by atoms with Gasteiger partial charge in [-0.3, -0.25) is 13.9 Å². The lowest BCUT2D eigenvalue weighted by atomic mass is 10.1. The van der Waals surface area contributed by atoms with Crippen LogP contribution in [-0.2, 0) is 26.2 Å². The Balaban J connectivity index is 2.50. The molecule has 0 saturated carbocycles. The minimum absolute atomic E-state index is 0.106. The number of hydrogen-bond acceptors (Lipinski definition) is 6. The summed E-state index contributed by atoms with van der Waals surface area (Å²) >= 11 is 12.7. The number of ether oxygens (including phenoxy) is 2. The molecule has 37 heavy (non-hydrogen) atoms. The first-order valence-corrected chi connectivity index (χ1v) is 14.1. The van der Waals surface area contributed by atoms with Crippen LogP contribution in [0.4, 0.5) is 5.69 Å².